The molecule has 49 heavy (non-hydrogen) atoms. The first-order valence-electron chi connectivity index (χ1n) is 15.9. The number of carboxylic acid groups (broad SMARTS) is 1. The lowest BCUT2D eigenvalue weighted by molar-refractivity contribution is 0.0195. The van der Waals surface area contributed by atoms with Crippen molar-refractivity contribution >= 4 is 45.2 Å². The number of piperidine rings is 1. The van der Waals surface area contributed by atoms with Gasteiger partial charge in [-0.2, -0.15) is 0 Å². The summed E-state index contributed by atoms with van der Waals surface area (Å²) in [4.78, 5) is 48.2. The molecule has 0 radical (unpaired) electrons. The number of pyridine rings is 1. The number of halogens is 1. The summed E-state index contributed by atoms with van der Waals surface area (Å²) in [6.07, 6.45) is 3.94. The number of aromatic nitrogens is 4. The first-order valence-corrected chi connectivity index (χ1v) is 16.7. The fraction of sp³-hybridized carbons (Fsp3) is 0.333. The van der Waals surface area contributed by atoms with E-state index in [2.05, 4.69) is 10.3 Å². The van der Waals surface area contributed by atoms with Crippen molar-refractivity contribution in [3.8, 4) is 21.7 Å². The van der Waals surface area contributed by atoms with E-state index in [0.717, 1.165) is 15.1 Å². The zero-order valence-corrected chi connectivity index (χ0v) is 29.0. The molecule has 2 amide bonds. The fourth-order valence-corrected chi connectivity index (χ4v) is 7.31. The van der Waals surface area contributed by atoms with E-state index in [1.54, 1.807) is 65.0 Å². The summed E-state index contributed by atoms with van der Waals surface area (Å²) in [6.45, 7) is 9.56. The van der Waals surface area contributed by atoms with Crippen LogP contribution in [0.2, 0.25) is 0 Å². The van der Waals surface area contributed by atoms with Gasteiger partial charge in [0.15, 0.2) is 0 Å². The molecule has 4 heterocycles. The van der Waals surface area contributed by atoms with E-state index in [4.69, 9.17) is 9.72 Å². The lowest BCUT2D eigenvalue weighted by Crippen LogP contribution is -2.53. The van der Waals surface area contributed by atoms with Gasteiger partial charge in [-0.15, -0.1) is 16.4 Å². The van der Waals surface area contributed by atoms with E-state index < -0.39 is 35.4 Å². The van der Waals surface area contributed by atoms with Gasteiger partial charge in [-0.3, -0.25) is 14.4 Å². The summed E-state index contributed by atoms with van der Waals surface area (Å²) in [5, 5.41) is 18.3. The average Bonchev–Trinajstić information content (AvgIpc) is 3.67. The Balaban J connectivity index is 1.44. The van der Waals surface area contributed by atoms with Gasteiger partial charge in [-0.05, 0) is 101 Å². The standard InChI is InChI=1S/C36H37FN6O5S/c1-20-14-23(15-21(2)31(20)34(45)46)30-17-26-29(49-30)11-12-38-32(26)43(24-8-7-13-42(18-24)35(47)48-36(3,4)5)33(44)25-10-9-22(16-27(25)37)28-19-41(6)40-39-28/h9-12,14-17,19,24H,7-8,13,18H2,1-6H3,(H,45,46)/t24-/m1/s1. The van der Waals surface area contributed by atoms with E-state index in [1.165, 1.54) is 33.1 Å². The van der Waals surface area contributed by atoms with Crippen molar-refractivity contribution in [3.05, 3.63) is 82.9 Å². The minimum absolute atomic E-state index is 0.146. The van der Waals surface area contributed by atoms with Gasteiger partial charge in [0.25, 0.3) is 5.91 Å². The van der Waals surface area contributed by atoms with Crippen molar-refractivity contribution in [1.29, 1.82) is 0 Å². The lowest BCUT2D eigenvalue weighted by atomic mass is 9.98. The second-order valence-electron chi connectivity index (χ2n) is 13.3. The molecule has 0 unspecified atom stereocenters. The van der Waals surface area contributed by atoms with Crippen molar-refractivity contribution in [2.45, 2.75) is 59.1 Å². The van der Waals surface area contributed by atoms with Gasteiger partial charge in [0, 0.05) is 46.9 Å². The van der Waals surface area contributed by atoms with E-state index in [1.807, 2.05) is 24.3 Å². The molecule has 13 heteroatoms. The number of nitrogens with zero attached hydrogens (tertiary/aromatic N) is 6. The van der Waals surface area contributed by atoms with Gasteiger partial charge in [0.1, 0.15) is 22.9 Å². The van der Waals surface area contributed by atoms with Gasteiger partial charge in [0.05, 0.1) is 23.4 Å². The number of hydrogen-bond donors (Lipinski definition) is 1. The lowest BCUT2D eigenvalue weighted by Gasteiger charge is -2.39. The van der Waals surface area contributed by atoms with Crippen molar-refractivity contribution in [2.24, 2.45) is 7.05 Å². The topological polar surface area (TPSA) is 131 Å². The number of carbonyl (C=O) groups excluding carboxylic acids is 2. The van der Waals surface area contributed by atoms with Crippen LogP contribution < -0.4 is 4.90 Å². The summed E-state index contributed by atoms with van der Waals surface area (Å²) in [5.74, 6) is -1.96. The van der Waals surface area contributed by atoms with Crippen LogP contribution in [0.15, 0.2) is 54.9 Å². The van der Waals surface area contributed by atoms with Crippen LogP contribution in [0.5, 0.6) is 0 Å². The molecule has 1 aliphatic rings. The Morgan fingerprint density at radius 1 is 1.06 bits per heavy atom. The zero-order chi connectivity index (χ0) is 35.2. The summed E-state index contributed by atoms with van der Waals surface area (Å²) < 4.78 is 23.9. The maximum absolute atomic E-state index is 15.9. The molecule has 11 nitrogen and oxygen atoms in total. The number of carboxylic acids is 1. The predicted molar refractivity (Wildman–Crippen MR) is 186 cm³/mol. The van der Waals surface area contributed by atoms with Crippen LogP contribution in [0.4, 0.5) is 15.0 Å². The summed E-state index contributed by atoms with van der Waals surface area (Å²) in [7, 11) is 1.71. The Morgan fingerprint density at radius 2 is 1.80 bits per heavy atom. The van der Waals surface area contributed by atoms with Gasteiger partial charge in [-0.1, -0.05) is 11.3 Å². The number of anilines is 1. The Morgan fingerprint density at radius 3 is 2.43 bits per heavy atom. The zero-order valence-electron chi connectivity index (χ0n) is 28.2. The number of aromatic carboxylic acids is 1. The molecule has 2 aromatic carbocycles. The summed E-state index contributed by atoms with van der Waals surface area (Å²) in [6, 6.07) is 11.3. The highest BCUT2D eigenvalue weighted by Crippen LogP contribution is 2.40. The van der Waals surface area contributed by atoms with Crippen LogP contribution in [0.25, 0.3) is 31.8 Å². The minimum Gasteiger partial charge on any atom is -0.478 e. The second-order valence-corrected chi connectivity index (χ2v) is 14.4. The Hall–Kier alpha value is -5.17. The summed E-state index contributed by atoms with van der Waals surface area (Å²) in [5.41, 5.74) is 2.48. The van der Waals surface area contributed by atoms with Crippen molar-refractivity contribution in [3.63, 3.8) is 0 Å². The molecule has 6 rings (SSSR count). The number of ether oxygens (including phenoxy) is 1. The molecule has 0 aliphatic carbocycles. The Kier molecular flexibility index (Phi) is 8.97. The maximum Gasteiger partial charge on any atom is 0.410 e. The quantitative estimate of drug-likeness (QED) is 0.198. The first kappa shape index (κ1) is 33.7. The third kappa shape index (κ3) is 6.89. The number of rotatable bonds is 6. The van der Waals surface area contributed by atoms with Crippen LogP contribution in [0.1, 0.15) is 65.5 Å². The number of aryl methyl sites for hydroxylation is 3. The van der Waals surface area contributed by atoms with Gasteiger partial charge >= 0.3 is 12.1 Å². The average molecular weight is 685 g/mol. The molecular formula is C36H37FN6O5S. The second kappa shape index (κ2) is 13.0. The highest BCUT2D eigenvalue weighted by molar-refractivity contribution is 7.22. The molecule has 5 aromatic rings. The number of hydrogen-bond acceptors (Lipinski definition) is 8. The maximum atomic E-state index is 15.9. The highest BCUT2D eigenvalue weighted by atomic mass is 32.1. The van der Waals surface area contributed by atoms with Gasteiger partial charge < -0.3 is 14.7 Å². The van der Waals surface area contributed by atoms with E-state index in [-0.39, 0.29) is 17.7 Å². The molecule has 1 aliphatic heterocycles. The highest BCUT2D eigenvalue weighted by Gasteiger charge is 2.36. The predicted octanol–water partition coefficient (Wildman–Crippen LogP) is 7.26. The molecule has 0 spiro atoms. The number of fused-ring (bicyclic) bond motifs is 1. The normalized spacial score (nSPS) is 15.0. The Bertz CT molecular complexity index is 2080. The van der Waals surface area contributed by atoms with E-state index in [9.17, 15) is 19.5 Å². The molecule has 254 valence electrons. The van der Waals surface area contributed by atoms with Crippen LogP contribution in [0.3, 0.4) is 0 Å². The smallest absolute Gasteiger partial charge is 0.410 e. The summed E-state index contributed by atoms with van der Waals surface area (Å²) >= 11 is 1.49. The Labute approximate surface area is 286 Å². The molecule has 0 bridgehead atoms. The van der Waals surface area contributed by atoms with E-state index >= 15 is 4.39 Å². The molecular weight excluding hydrogens is 647 g/mol. The SMILES string of the molecule is Cc1cc(-c2cc3c(N(C(=O)c4ccc(-c5cn(C)nn5)cc4F)[C@@H]4CCCN(C(=O)OC(C)(C)C)C4)nccc3s2)cc(C)c1C(=O)O. The van der Waals surface area contributed by atoms with Crippen molar-refractivity contribution in [2.75, 3.05) is 18.0 Å². The first-order chi connectivity index (χ1) is 23.2. The van der Waals surface area contributed by atoms with E-state index in [0.29, 0.717) is 53.0 Å². The molecule has 0 saturated carbocycles. The third-order valence-electron chi connectivity index (χ3n) is 8.41. The van der Waals surface area contributed by atoms with Crippen LogP contribution in [-0.2, 0) is 11.8 Å². The monoisotopic (exact) mass is 684 g/mol. The van der Waals surface area contributed by atoms with Crippen LogP contribution in [-0.4, -0.2) is 72.7 Å². The van der Waals surface area contributed by atoms with Crippen molar-refractivity contribution < 1.29 is 28.6 Å². The molecule has 1 fully saturated rings. The van der Waals surface area contributed by atoms with Crippen LogP contribution >= 0.6 is 11.3 Å². The number of likely N-dealkylation sites (tertiary alicyclic amines) is 1. The number of thiophene rings is 1. The van der Waals surface area contributed by atoms with Gasteiger partial charge in [-0.25, -0.2) is 19.0 Å². The molecule has 3 aromatic heterocycles. The van der Waals surface area contributed by atoms with Crippen LogP contribution in [0, 0.1) is 19.7 Å². The number of benzene rings is 2. The van der Waals surface area contributed by atoms with Crippen molar-refractivity contribution in [1.82, 2.24) is 24.9 Å². The number of amides is 2. The molecule has 1 atom stereocenters. The minimum atomic E-state index is -0.983. The largest absolute Gasteiger partial charge is 0.478 e. The third-order valence-corrected chi connectivity index (χ3v) is 9.56. The van der Waals surface area contributed by atoms with Gasteiger partial charge in [0.2, 0.25) is 0 Å². The molecule has 1 saturated heterocycles. The number of carbonyl (C=O) groups is 3. The fourth-order valence-electron chi connectivity index (χ4n) is 6.28. The molecule has 1 N–H and O–H groups in total.